The lowest BCUT2D eigenvalue weighted by molar-refractivity contribution is -0.385. The number of hydrogen-bond acceptors (Lipinski definition) is 6. The zero-order valence-electron chi connectivity index (χ0n) is 13.2. The standard InChI is InChI=1S/C16H11F3N2O5/c1-10(22)26-20-9-11-8-14(6-7-15(11)21(23)24)25-13-4-2-12(3-5-13)16(17,18)19/h2-9H,1H3. The minimum absolute atomic E-state index is 0.0133. The van der Waals surface area contributed by atoms with Gasteiger partial charge in [0.05, 0.1) is 22.3 Å². The van der Waals surface area contributed by atoms with Gasteiger partial charge in [-0.15, -0.1) is 0 Å². The fourth-order valence-electron chi connectivity index (χ4n) is 1.87. The molecular formula is C16H11F3N2O5. The summed E-state index contributed by atoms with van der Waals surface area (Å²) in [5.41, 5.74) is -1.16. The van der Waals surface area contributed by atoms with Gasteiger partial charge in [-0.25, -0.2) is 4.79 Å². The summed E-state index contributed by atoms with van der Waals surface area (Å²) in [5, 5.41) is 14.3. The van der Waals surface area contributed by atoms with Crippen molar-refractivity contribution in [3.05, 3.63) is 63.7 Å². The molecule has 136 valence electrons. The summed E-state index contributed by atoms with van der Waals surface area (Å²) in [6.07, 6.45) is -3.51. The van der Waals surface area contributed by atoms with Crippen molar-refractivity contribution >= 4 is 17.9 Å². The van der Waals surface area contributed by atoms with E-state index in [4.69, 9.17) is 4.74 Å². The number of halogens is 3. The number of oxime groups is 1. The van der Waals surface area contributed by atoms with Crippen LogP contribution in [0.15, 0.2) is 47.6 Å². The average molecular weight is 368 g/mol. The van der Waals surface area contributed by atoms with Crippen LogP contribution in [0.3, 0.4) is 0 Å². The molecule has 0 spiro atoms. The van der Waals surface area contributed by atoms with Crippen LogP contribution in [0.1, 0.15) is 18.1 Å². The van der Waals surface area contributed by atoms with Gasteiger partial charge in [0.1, 0.15) is 11.5 Å². The summed E-state index contributed by atoms with van der Waals surface area (Å²) in [6, 6.07) is 7.59. The highest BCUT2D eigenvalue weighted by molar-refractivity contribution is 5.86. The fraction of sp³-hybridized carbons (Fsp3) is 0.125. The number of alkyl halides is 3. The molecule has 7 nitrogen and oxygen atoms in total. The number of nitro groups is 1. The maximum absolute atomic E-state index is 12.5. The Morgan fingerprint density at radius 1 is 1.15 bits per heavy atom. The van der Waals surface area contributed by atoms with Crippen molar-refractivity contribution in [3.8, 4) is 11.5 Å². The van der Waals surface area contributed by atoms with Crippen LogP contribution in [0.4, 0.5) is 18.9 Å². The summed E-state index contributed by atoms with van der Waals surface area (Å²) in [7, 11) is 0. The van der Waals surface area contributed by atoms with E-state index in [9.17, 15) is 28.1 Å². The van der Waals surface area contributed by atoms with Crippen molar-refractivity contribution < 1.29 is 32.5 Å². The largest absolute Gasteiger partial charge is 0.457 e. The summed E-state index contributed by atoms with van der Waals surface area (Å²) < 4.78 is 43.0. The third kappa shape index (κ3) is 5.03. The molecule has 0 aromatic heterocycles. The Morgan fingerprint density at radius 3 is 2.31 bits per heavy atom. The molecule has 2 rings (SSSR count). The monoisotopic (exact) mass is 368 g/mol. The van der Waals surface area contributed by atoms with Gasteiger partial charge in [0, 0.05) is 13.0 Å². The normalized spacial score (nSPS) is 11.4. The zero-order chi connectivity index (χ0) is 19.3. The Bertz CT molecular complexity index is 848. The molecule has 0 saturated heterocycles. The molecule has 0 amide bonds. The number of nitro benzene ring substituents is 1. The summed E-state index contributed by atoms with van der Waals surface area (Å²) in [5.74, 6) is -0.476. The molecule has 0 fully saturated rings. The average Bonchev–Trinajstić information content (AvgIpc) is 2.54. The molecule has 2 aromatic rings. The highest BCUT2D eigenvalue weighted by Gasteiger charge is 2.30. The molecule has 0 saturated carbocycles. The maximum atomic E-state index is 12.5. The van der Waals surface area contributed by atoms with Crippen LogP contribution in [0.5, 0.6) is 11.5 Å². The van der Waals surface area contributed by atoms with Crippen molar-refractivity contribution in [1.82, 2.24) is 0 Å². The van der Waals surface area contributed by atoms with E-state index < -0.39 is 22.6 Å². The first-order valence-electron chi connectivity index (χ1n) is 7.01. The molecule has 0 aliphatic carbocycles. The van der Waals surface area contributed by atoms with Gasteiger partial charge in [0.15, 0.2) is 0 Å². The van der Waals surface area contributed by atoms with Gasteiger partial charge in [-0.1, -0.05) is 5.16 Å². The van der Waals surface area contributed by atoms with Gasteiger partial charge in [-0.2, -0.15) is 13.2 Å². The quantitative estimate of drug-likeness (QED) is 0.340. The first-order chi connectivity index (χ1) is 12.2. The first-order valence-corrected chi connectivity index (χ1v) is 7.01. The number of hydrogen-bond donors (Lipinski definition) is 0. The van der Waals surface area contributed by atoms with Crippen LogP contribution in [0.25, 0.3) is 0 Å². The minimum atomic E-state index is -4.47. The molecule has 0 heterocycles. The highest BCUT2D eigenvalue weighted by Crippen LogP contribution is 2.32. The predicted molar refractivity (Wildman–Crippen MR) is 84.0 cm³/mol. The lowest BCUT2D eigenvalue weighted by atomic mass is 10.2. The Morgan fingerprint density at radius 2 is 1.77 bits per heavy atom. The van der Waals surface area contributed by atoms with Crippen LogP contribution < -0.4 is 4.74 Å². The number of carbonyl (C=O) groups is 1. The molecule has 26 heavy (non-hydrogen) atoms. The van der Waals surface area contributed by atoms with Gasteiger partial charge in [-0.05, 0) is 36.4 Å². The predicted octanol–water partition coefficient (Wildman–Crippen LogP) is 4.30. The Balaban J connectivity index is 2.25. The van der Waals surface area contributed by atoms with E-state index in [0.29, 0.717) is 0 Å². The number of rotatable bonds is 5. The first kappa shape index (κ1) is 18.9. The van der Waals surface area contributed by atoms with Gasteiger partial charge >= 0.3 is 12.1 Å². The topological polar surface area (TPSA) is 91.0 Å². The number of benzene rings is 2. The molecule has 2 aromatic carbocycles. The van der Waals surface area contributed by atoms with Crippen LogP contribution >= 0.6 is 0 Å². The molecule has 0 unspecified atom stereocenters. The van der Waals surface area contributed by atoms with Gasteiger partial charge in [0.25, 0.3) is 5.69 Å². The lowest BCUT2D eigenvalue weighted by Crippen LogP contribution is -2.04. The van der Waals surface area contributed by atoms with Crippen molar-refractivity contribution in [2.24, 2.45) is 5.16 Å². The molecule has 0 aliphatic rings. The van der Waals surface area contributed by atoms with Crippen molar-refractivity contribution in [3.63, 3.8) is 0 Å². The van der Waals surface area contributed by atoms with Crippen molar-refractivity contribution in [2.75, 3.05) is 0 Å². The second-order valence-corrected chi connectivity index (χ2v) is 4.92. The molecule has 10 heteroatoms. The molecular weight excluding hydrogens is 357 g/mol. The van der Waals surface area contributed by atoms with Crippen molar-refractivity contribution in [1.29, 1.82) is 0 Å². The maximum Gasteiger partial charge on any atom is 0.416 e. The van der Waals surface area contributed by atoms with E-state index in [1.54, 1.807) is 0 Å². The van der Waals surface area contributed by atoms with E-state index in [1.807, 2.05) is 0 Å². The van der Waals surface area contributed by atoms with E-state index in [-0.39, 0.29) is 22.7 Å². The third-order valence-corrected chi connectivity index (χ3v) is 2.99. The molecule has 0 atom stereocenters. The van der Waals surface area contributed by atoms with E-state index in [2.05, 4.69) is 9.99 Å². The Labute approximate surface area is 144 Å². The molecule has 0 radical (unpaired) electrons. The summed E-state index contributed by atoms with van der Waals surface area (Å²) in [4.78, 5) is 25.4. The smallest absolute Gasteiger partial charge is 0.416 e. The second kappa shape index (κ2) is 7.64. The second-order valence-electron chi connectivity index (χ2n) is 4.92. The summed E-state index contributed by atoms with van der Waals surface area (Å²) in [6.45, 7) is 1.11. The zero-order valence-corrected chi connectivity index (χ0v) is 13.2. The van der Waals surface area contributed by atoms with Crippen LogP contribution in [0, 0.1) is 10.1 Å². The van der Waals surface area contributed by atoms with E-state index >= 15 is 0 Å². The third-order valence-electron chi connectivity index (χ3n) is 2.99. The van der Waals surface area contributed by atoms with Crippen LogP contribution in [-0.2, 0) is 15.8 Å². The molecule has 0 aliphatic heterocycles. The summed E-state index contributed by atoms with van der Waals surface area (Å²) >= 11 is 0. The van der Waals surface area contributed by atoms with Crippen LogP contribution in [-0.4, -0.2) is 17.1 Å². The van der Waals surface area contributed by atoms with E-state index in [1.165, 1.54) is 12.1 Å². The SMILES string of the molecule is CC(=O)ON=Cc1cc(Oc2ccc(C(F)(F)F)cc2)ccc1[N+](=O)[O-]. The molecule has 0 N–H and O–H groups in total. The highest BCUT2D eigenvalue weighted by atomic mass is 19.4. The van der Waals surface area contributed by atoms with Gasteiger partial charge in [-0.3, -0.25) is 10.1 Å². The van der Waals surface area contributed by atoms with Gasteiger partial charge < -0.3 is 9.57 Å². The fourth-order valence-corrected chi connectivity index (χ4v) is 1.87. The number of nitrogens with zero attached hydrogens (tertiary/aromatic N) is 2. The minimum Gasteiger partial charge on any atom is -0.457 e. The van der Waals surface area contributed by atoms with E-state index in [0.717, 1.165) is 43.5 Å². The van der Waals surface area contributed by atoms with Gasteiger partial charge in [0.2, 0.25) is 0 Å². The number of ether oxygens (including phenoxy) is 1. The Kier molecular flexibility index (Phi) is 5.55. The number of carbonyl (C=O) groups excluding carboxylic acids is 1. The molecule has 0 bridgehead atoms. The van der Waals surface area contributed by atoms with Crippen LogP contribution in [0.2, 0.25) is 0 Å². The lowest BCUT2D eigenvalue weighted by Gasteiger charge is -2.09. The van der Waals surface area contributed by atoms with Crippen molar-refractivity contribution in [2.45, 2.75) is 13.1 Å². The Hall–Kier alpha value is -3.43.